The van der Waals surface area contributed by atoms with Crippen LogP contribution in [0.4, 0.5) is 0 Å². The first-order chi connectivity index (χ1) is 13.0. The monoisotopic (exact) mass is 430 g/mol. The Balaban J connectivity index is 1.79. The van der Waals surface area contributed by atoms with Gasteiger partial charge in [-0.1, -0.05) is 0 Å². The van der Waals surface area contributed by atoms with Crippen LogP contribution in [-0.2, 0) is 19.7 Å². The van der Waals surface area contributed by atoms with Crippen LogP contribution in [0.1, 0.15) is 26.7 Å². The van der Waals surface area contributed by atoms with Gasteiger partial charge in [0, 0.05) is 18.1 Å². The predicted octanol–water partition coefficient (Wildman–Crippen LogP) is 1.10. The second-order valence-electron chi connectivity index (χ2n) is 8.33. The minimum atomic E-state index is -3.78. The van der Waals surface area contributed by atoms with Crippen LogP contribution in [0, 0.1) is 0 Å². The molecule has 0 bridgehead atoms. The van der Waals surface area contributed by atoms with Crippen molar-refractivity contribution in [3.8, 4) is 5.75 Å². The second kappa shape index (κ2) is 7.93. The summed E-state index contributed by atoms with van der Waals surface area (Å²) >= 11 is 0. The third-order valence-corrected chi connectivity index (χ3v) is 10.0. The van der Waals surface area contributed by atoms with Gasteiger partial charge in [0.15, 0.2) is 19.7 Å². The molecule has 3 rings (SSSR count). The number of hydrogen-bond donors (Lipinski definition) is 1. The smallest absolute Gasteiger partial charge is 0.183 e. The van der Waals surface area contributed by atoms with E-state index in [4.69, 9.17) is 4.74 Å². The number of likely N-dealkylation sites (tertiary alicyclic amines) is 1. The molecule has 2 aliphatic heterocycles. The van der Waals surface area contributed by atoms with Crippen LogP contribution in [0.3, 0.4) is 0 Å². The summed E-state index contributed by atoms with van der Waals surface area (Å²) in [5.74, 6) is 0.0618. The van der Waals surface area contributed by atoms with E-state index in [0.717, 1.165) is 25.9 Å². The maximum Gasteiger partial charge on any atom is 0.183 e. The second-order valence-corrected chi connectivity index (χ2v) is 12.7. The molecule has 9 heteroatoms. The summed E-state index contributed by atoms with van der Waals surface area (Å²) in [6.07, 6.45) is 2.32. The van der Waals surface area contributed by atoms with E-state index < -0.39 is 31.0 Å². The van der Waals surface area contributed by atoms with Gasteiger partial charge < -0.3 is 10.1 Å². The third kappa shape index (κ3) is 4.53. The summed E-state index contributed by atoms with van der Waals surface area (Å²) in [6, 6.07) is 5.50. The Kier molecular flexibility index (Phi) is 6.10. The van der Waals surface area contributed by atoms with E-state index in [1.54, 1.807) is 12.1 Å². The van der Waals surface area contributed by atoms with Gasteiger partial charge in [0.05, 0.1) is 28.8 Å². The molecule has 0 saturated carbocycles. The molecule has 0 unspecified atom stereocenters. The van der Waals surface area contributed by atoms with E-state index in [2.05, 4.69) is 24.1 Å². The number of nitrogens with one attached hydrogen (secondary N) is 1. The lowest BCUT2D eigenvalue weighted by molar-refractivity contribution is 0.148. The molecule has 0 aliphatic carbocycles. The standard InChI is InChI=1S/C19H30N2O5S2/c1-19(2,21-10-4-5-11-21)14-20-17-12-27(22,23)13-18(17)28(24,25)16-8-6-15(26-3)7-9-16/h6-9,17-18,20H,4-5,10-14H2,1-3H3/t17-,18-/m0/s1. The molecule has 2 saturated heterocycles. The first kappa shape index (κ1) is 21.5. The van der Waals surface area contributed by atoms with E-state index in [-0.39, 0.29) is 21.9 Å². The first-order valence-corrected chi connectivity index (χ1v) is 13.0. The van der Waals surface area contributed by atoms with Crippen molar-refractivity contribution in [1.82, 2.24) is 10.2 Å². The molecule has 1 aromatic carbocycles. The van der Waals surface area contributed by atoms with Crippen LogP contribution >= 0.6 is 0 Å². The fourth-order valence-corrected chi connectivity index (χ4v) is 8.78. The molecule has 0 amide bonds. The normalized spacial score (nSPS) is 25.8. The minimum absolute atomic E-state index is 0.126. The van der Waals surface area contributed by atoms with Gasteiger partial charge in [-0.2, -0.15) is 0 Å². The minimum Gasteiger partial charge on any atom is -0.497 e. The lowest BCUT2D eigenvalue weighted by Gasteiger charge is -2.37. The molecule has 0 aromatic heterocycles. The van der Waals surface area contributed by atoms with Crippen molar-refractivity contribution in [2.45, 2.75) is 48.4 Å². The molecule has 0 radical (unpaired) electrons. The van der Waals surface area contributed by atoms with Crippen molar-refractivity contribution in [1.29, 1.82) is 0 Å². The van der Waals surface area contributed by atoms with Crippen LogP contribution in [0.25, 0.3) is 0 Å². The molecule has 2 heterocycles. The largest absolute Gasteiger partial charge is 0.497 e. The van der Waals surface area contributed by atoms with Gasteiger partial charge in [-0.05, 0) is 64.0 Å². The maximum atomic E-state index is 13.2. The number of sulfone groups is 2. The Morgan fingerprint density at radius 2 is 1.75 bits per heavy atom. The lowest BCUT2D eigenvalue weighted by Crippen LogP contribution is -2.54. The fraction of sp³-hybridized carbons (Fsp3) is 0.684. The number of nitrogens with zero attached hydrogens (tertiary/aromatic N) is 1. The topological polar surface area (TPSA) is 92.8 Å². The van der Waals surface area contributed by atoms with Crippen LogP contribution in [0.5, 0.6) is 5.75 Å². The van der Waals surface area contributed by atoms with Crippen molar-refractivity contribution in [2.75, 3.05) is 38.2 Å². The molecule has 28 heavy (non-hydrogen) atoms. The molecular weight excluding hydrogens is 400 g/mol. The highest BCUT2D eigenvalue weighted by molar-refractivity contribution is 7.96. The Morgan fingerprint density at radius 3 is 2.32 bits per heavy atom. The zero-order valence-corrected chi connectivity index (χ0v) is 18.4. The van der Waals surface area contributed by atoms with Crippen LogP contribution in [0.15, 0.2) is 29.2 Å². The number of methoxy groups -OCH3 is 1. The first-order valence-electron chi connectivity index (χ1n) is 9.62. The average molecular weight is 431 g/mol. The molecule has 7 nitrogen and oxygen atoms in total. The van der Waals surface area contributed by atoms with Crippen LogP contribution in [0.2, 0.25) is 0 Å². The Bertz CT molecular complexity index is 889. The fourth-order valence-electron chi connectivity index (χ4n) is 4.07. The Labute approximate surface area is 168 Å². The molecular formula is C19H30N2O5S2. The molecule has 158 valence electrons. The third-order valence-electron chi connectivity index (χ3n) is 5.85. The number of rotatable bonds is 7. The van der Waals surface area contributed by atoms with Crippen molar-refractivity contribution >= 4 is 19.7 Å². The highest BCUT2D eigenvalue weighted by Crippen LogP contribution is 2.28. The molecule has 1 aromatic rings. The number of benzene rings is 1. The van der Waals surface area contributed by atoms with E-state index in [0.29, 0.717) is 12.3 Å². The highest BCUT2D eigenvalue weighted by atomic mass is 32.2. The van der Waals surface area contributed by atoms with Crippen molar-refractivity contribution in [3.05, 3.63) is 24.3 Å². The van der Waals surface area contributed by atoms with Gasteiger partial charge in [0.25, 0.3) is 0 Å². The van der Waals surface area contributed by atoms with Gasteiger partial charge in [0.2, 0.25) is 0 Å². The lowest BCUT2D eigenvalue weighted by atomic mass is 10.0. The number of ether oxygens (including phenoxy) is 1. The number of hydrogen-bond acceptors (Lipinski definition) is 7. The summed E-state index contributed by atoms with van der Waals surface area (Å²) in [7, 11) is -5.69. The summed E-state index contributed by atoms with van der Waals surface area (Å²) in [6.45, 7) is 6.81. The van der Waals surface area contributed by atoms with Crippen LogP contribution in [-0.4, -0.2) is 76.8 Å². The SMILES string of the molecule is COc1ccc(S(=O)(=O)[C@H]2CS(=O)(=O)C[C@@H]2NCC(C)(C)N2CCCC2)cc1. The van der Waals surface area contributed by atoms with Gasteiger partial charge in [0.1, 0.15) is 5.75 Å². The van der Waals surface area contributed by atoms with Gasteiger partial charge >= 0.3 is 0 Å². The summed E-state index contributed by atoms with van der Waals surface area (Å²) in [5.41, 5.74) is -0.155. The van der Waals surface area contributed by atoms with Gasteiger partial charge in [-0.15, -0.1) is 0 Å². The van der Waals surface area contributed by atoms with Gasteiger partial charge in [-0.25, -0.2) is 16.8 Å². The van der Waals surface area contributed by atoms with E-state index in [1.165, 1.54) is 19.2 Å². The summed E-state index contributed by atoms with van der Waals surface area (Å²) in [5, 5.41) is 2.29. The van der Waals surface area contributed by atoms with Crippen molar-refractivity contribution < 1.29 is 21.6 Å². The zero-order valence-electron chi connectivity index (χ0n) is 16.7. The van der Waals surface area contributed by atoms with E-state index in [9.17, 15) is 16.8 Å². The zero-order chi connectivity index (χ0) is 20.6. The average Bonchev–Trinajstić information content (AvgIpc) is 3.28. The highest BCUT2D eigenvalue weighted by Gasteiger charge is 2.46. The van der Waals surface area contributed by atoms with Crippen LogP contribution < -0.4 is 10.1 Å². The molecule has 2 fully saturated rings. The molecule has 2 atom stereocenters. The molecule has 2 aliphatic rings. The maximum absolute atomic E-state index is 13.2. The van der Waals surface area contributed by atoms with Crippen molar-refractivity contribution in [2.24, 2.45) is 0 Å². The quantitative estimate of drug-likeness (QED) is 0.692. The van der Waals surface area contributed by atoms with E-state index >= 15 is 0 Å². The van der Waals surface area contributed by atoms with Crippen molar-refractivity contribution in [3.63, 3.8) is 0 Å². The summed E-state index contributed by atoms with van der Waals surface area (Å²) < 4.78 is 55.9. The summed E-state index contributed by atoms with van der Waals surface area (Å²) in [4.78, 5) is 2.50. The predicted molar refractivity (Wildman–Crippen MR) is 109 cm³/mol. The Morgan fingerprint density at radius 1 is 1.14 bits per heavy atom. The Hall–Kier alpha value is -1.16. The molecule has 0 spiro atoms. The van der Waals surface area contributed by atoms with Gasteiger partial charge in [-0.3, -0.25) is 4.90 Å². The van der Waals surface area contributed by atoms with E-state index in [1.807, 2.05) is 0 Å². The molecule has 1 N–H and O–H groups in total.